The molecular formula is C18H23N3O2. The first kappa shape index (κ1) is 15.7. The quantitative estimate of drug-likeness (QED) is 0.940. The Morgan fingerprint density at radius 3 is 2.91 bits per heavy atom. The molecule has 0 aliphatic carbocycles. The highest BCUT2D eigenvalue weighted by Gasteiger charge is 2.19. The summed E-state index contributed by atoms with van der Waals surface area (Å²) in [6, 6.07) is 9.81. The summed E-state index contributed by atoms with van der Waals surface area (Å²) >= 11 is 0. The second-order valence-electron chi connectivity index (χ2n) is 6.47. The average Bonchev–Trinajstić information content (AvgIpc) is 2.96. The molecule has 23 heavy (non-hydrogen) atoms. The number of piperidine rings is 1. The first-order valence-electron chi connectivity index (χ1n) is 8.16. The predicted molar refractivity (Wildman–Crippen MR) is 90.1 cm³/mol. The van der Waals surface area contributed by atoms with Gasteiger partial charge in [-0.05, 0) is 32.2 Å². The molecule has 1 amide bonds. The van der Waals surface area contributed by atoms with E-state index in [9.17, 15) is 4.79 Å². The molecule has 0 unspecified atom stereocenters. The molecule has 1 aromatic heterocycles. The highest BCUT2D eigenvalue weighted by Crippen LogP contribution is 2.22. The Morgan fingerprint density at radius 1 is 1.39 bits per heavy atom. The van der Waals surface area contributed by atoms with Crippen molar-refractivity contribution in [3.8, 4) is 11.3 Å². The molecule has 0 saturated carbocycles. The maximum absolute atomic E-state index is 12.1. The topological polar surface area (TPSA) is 58.4 Å². The lowest BCUT2D eigenvalue weighted by molar-refractivity contribution is -0.117. The van der Waals surface area contributed by atoms with Crippen molar-refractivity contribution in [2.24, 2.45) is 5.92 Å². The molecule has 0 bridgehead atoms. The zero-order valence-corrected chi connectivity index (χ0v) is 13.7. The number of carbonyl (C=O) groups is 1. The van der Waals surface area contributed by atoms with Gasteiger partial charge in [0.15, 0.2) is 0 Å². The summed E-state index contributed by atoms with van der Waals surface area (Å²) in [5.41, 5.74) is 2.90. The predicted octanol–water partition coefficient (Wildman–Crippen LogP) is 3.32. The number of benzene rings is 1. The van der Waals surface area contributed by atoms with Gasteiger partial charge in [0.05, 0.1) is 6.54 Å². The number of nitrogens with zero attached hydrogens (tertiary/aromatic N) is 2. The van der Waals surface area contributed by atoms with Gasteiger partial charge in [0.1, 0.15) is 5.69 Å². The molecule has 1 N–H and O–H groups in total. The van der Waals surface area contributed by atoms with Crippen LogP contribution in [0.5, 0.6) is 0 Å². The summed E-state index contributed by atoms with van der Waals surface area (Å²) in [5, 5.41) is 6.82. The maximum atomic E-state index is 12.1. The van der Waals surface area contributed by atoms with Crippen molar-refractivity contribution >= 4 is 11.8 Å². The number of hydrogen-bond donors (Lipinski definition) is 1. The number of hydrogen-bond acceptors (Lipinski definition) is 4. The Hall–Kier alpha value is -2.14. The molecule has 3 rings (SSSR count). The van der Waals surface area contributed by atoms with Crippen LogP contribution in [-0.2, 0) is 4.79 Å². The van der Waals surface area contributed by atoms with Crippen molar-refractivity contribution in [2.75, 3.05) is 25.0 Å². The van der Waals surface area contributed by atoms with Gasteiger partial charge in [-0.1, -0.05) is 41.9 Å². The van der Waals surface area contributed by atoms with Gasteiger partial charge in [0.25, 0.3) is 0 Å². The minimum Gasteiger partial charge on any atom is -0.338 e. The monoisotopic (exact) mass is 313 g/mol. The molecule has 1 saturated heterocycles. The summed E-state index contributed by atoms with van der Waals surface area (Å²) in [4.78, 5) is 14.3. The third kappa shape index (κ3) is 4.20. The second kappa shape index (κ2) is 6.96. The van der Waals surface area contributed by atoms with Gasteiger partial charge in [-0.2, -0.15) is 0 Å². The Balaban J connectivity index is 1.58. The Bertz CT molecular complexity index is 663. The van der Waals surface area contributed by atoms with E-state index in [1.165, 1.54) is 12.0 Å². The van der Waals surface area contributed by atoms with Gasteiger partial charge in [-0.25, -0.2) is 0 Å². The second-order valence-corrected chi connectivity index (χ2v) is 6.47. The lowest BCUT2D eigenvalue weighted by atomic mass is 10.0. The number of aromatic nitrogens is 1. The normalized spacial score (nSPS) is 18.8. The molecule has 1 fully saturated rings. The lowest BCUT2D eigenvalue weighted by Crippen LogP contribution is -2.39. The summed E-state index contributed by atoms with van der Waals surface area (Å²) in [6.45, 7) is 6.65. The van der Waals surface area contributed by atoms with E-state index in [0.717, 1.165) is 30.8 Å². The first-order valence-corrected chi connectivity index (χ1v) is 8.16. The average molecular weight is 313 g/mol. The van der Waals surface area contributed by atoms with Gasteiger partial charge in [-0.15, -0.1) is 0 Å². The minimum atomic E-state index is -0.0503. The van der Waals surface area contributed by atoms with E-state index in [4.69, 9.17) is 4.52 Å². The summed E-state index contributed by atoms with van der Waals surface area (Å²) in [5.74, 6) is 1.01. The SMILES string of the molecule is Cc1ccc(-c2cc(NC(=O)CN3CCC[C@H](C)C3)on2)cc1. The van der Waals surface area contributed by atoms with E-state index >= 15 is 0 Å². The Morgan fingerprint density at radius 2 is 2.17 bits per heavy atom. The van der Waals surface area contributed by atoms with E-state index < -0.39 is 0 Å². The third-order valence-corrected chi connectivity index (χ3v) is 4.23. The molecular weight excluding hydrogens is 290 g/mol. The number of likely N-dealkylation sites (tertiary alicyclic amines) is 1. The Kier molecular flexibility index (Phi) is 4.76. The van der Waals surface area contributed by atoms with Crippen LogP contribution >= 0.6 is 0 Å². The zero-order valence-electron chi connectivity index (χ0n) is 13.7. The fourth-order valence-electron chi connectivity index (χ4n) is 3.00. The number of aryl methyl sites for hydroxylation is 1. The van der Waals surface area contributed by atoms with E-state index in [1.54, 1.807) is 6.07 Å². The van der Waals surface area contributed by atoms with Crippen molar-refractivity contribution in [3.05, 3.63) is 35.9 Å². The molecule has 5 heteroatoms. The zero-order chi connectivity index (χ0) is 16.2. The molecule has 122 valence electrons. The number of nitrogens with one attached hydrogen (secondary N) is 1. The molecule has 1 atom stereocenters. The largest absolute Gasteiger partial charge is 0.338 e. The van der Waals surface area contributed by atoms with Crippen molar-refractivity contribution in [1.82, 2.24) is 10.1 Å². The fraction of sp³-hybridized carbons (Fsp3) is 0.444. The molecule has 0 radical (unpaired) electrons. The first-order chi connectivity index (χ1) is 11.1. The number of amides is 1. The molecule has 2 aromatic rings. The lowest BCUT2D eigenvalue weighted by Gasteiger charge is -2.29. The van der Waals surface area contributed by atoms with Crippen LogP contribution in [0.4, 0.5) is 5.88 Å². The smallest absolute Gasteiger partial charge is 0.240 e. The fourth-order valence-corrected chi connectivity index (χ4v) is 3.00. The molecule has 5 nitrogen and oxygen atoms in total. The molecule has 2 heterocycles. The van der Waals surface area contributed by atoms with Crippen molar-refractivity contribution in [1.29, 1.82) is 0 Å². The van der Waals surface area contributed by atoms with Crippen LogP contribution in [0, 0.1) is 12.8 Å². The maximum Gasteiger partial charge on any atom is 0.240 e. The van der Waals surface area contributed by atoms with Crippen LogP contribution in [0.25, 0.3) is 11.3 Å². The van der Waals surface area contributed by atoms with Crippen LogP contribution in [0.15, 0.2) is 34.9 Å². The van der Waals surface area contributed by atoms with Crippen LogP contribution in [0.1, 0.15) is 25.3 Å². The third-order valence-electron chi connectivity index (χ3n) is 4.23. The minimum absolute atomic E-state index is 0.0503. The van der Waals surface area contributed by atoms with Gasteiger partial charge in [0, 0.05) is 18.2 Å². The highest BCUT2D eigenvalue weighted by atomic mass is 16.5. The summed E-state index contributed by atoms with van der Waals surface area (Å²) in [6.07, 6.45) is 2.41. The number of carbonyl (C=O) groups excluding carboxylic acids is 1. The van der Waals surface area contributed by atoms with Gasteiger partial charge >= 0.3 is 0 Å². The van der Waals surface area contributed by atoms with Crippen molar-refractivity contribution in [3.63, 3.8) is 0 Å². The standard InChI is InChI=1S/C18H23N3O2/c1-13-5-7-15(8-6-13)16-10-18(23-20-16)19-17(22)12-21-9-3-4-14(2)11-21/h5-8,10,14H,3-4,9,11-12H2,1-2H3,(H,19,22)/t14-/m0/s1. The molecule has 1 aliphatic heterocycles. The summed E-state index contributed by atoms with van der Waals surface area (Å²) in [7, 11) is 0. The van der Waals surface area contributed by atoms with Gasteiger partial charge in [-0.3, -0.25) is 15.0 Å². The number of anilines is 1. The van der Waals surface area contributed by atoms with Gasteiger partial charge < -0.3 is 4.52 Å². The van der Waals surface area contributed by atoms with Crippen LogP contribution in [-0.4, -0.2) is 35.6 Å². The van der Waals surface area contributed by atoms with E-state index in [2.05, 4.69) is 22.3 Å². The molecule has 0 spiro atoms. The Labute approximate surface area is 136 Å². The molecule has 1 aliphatic rings. The van der Waals surface area contributed by atoms with Crippen molar-refractivity contribution < 1.29 is 9.32 Å². The van der Waals surface area contributed by atoms with Crippen molar-refractivity contribution in [2.45, 2.75) is 26.7 Å². The molecule has 1 aromatic carbocycles. The van der Waals surface area contributed by atoms with E-state index in [0.29, 0.717) is 18.3 Å². The van der Waals surface area contributed by atoms with Crippen LogP contribution in [0.2, 0.25) is 0 Å². The van der Waals surface area contributed by atoms with E-state index in [1.807, 2.05) is 31.2 Å². The van der Waals surface area contributed by atoms with Crippen LogP contribution in [0.3, 0.4) is 0 Å². The van der Waals surface area contributed by atoms with Gasteiger partial charge in [0.2, 0.25) is 11.8 Å². The number of rotatable bonds is 4. The highest BCUT2D eigenvalue weighted by molar-refractivity contribution is 5.91. The van der Waals surface area contributed by atoms with Crippen LogP contribution < -0.4 is 5.32 Å². The summed E-state index contributed by atoms with van der Waals surface area (Å²) < 4.78 is 5.23. The van der Waals surface area contributed by atoms with E-state index in [-0.39, 0.29) is 5.91 Å².